The van der Waals surface area contributed by atoms with Gasteiger partial charge in [-0.3, -0.25) is 4.79 Å². The van der Waals surface area contributed by atoms with Crippen LogP contribution in [0.2, 0.25) is 0 Å². The molecule has 0 aliphatic heterocycles. The molecule has 0 spiro atoms. The van der Waals surface area contributed by atoms with E-state index in [-0.39, 0.29) is 11.5 Å². The molecule has 8 heteroatoms. The van der Waals surface area contributed by atoms with E-state index in [2.05, 4.69) is 20.3 Å². The topological polar surface area (TPSA) is 131 Å². The summed E-state index contributed by atoms with van der Waals surface area (Å²) in [5.74, 6) is -2.20. The molecule has 0 bridgehead atoms. The predicted octanol–water partition coefficient (Wildman–Crippen LogP) is 0.382. The fraction of sp³-hybridized carbons (Fsp3) is 0.167. The summed E-state index contributed by atoms with van der Waals surface area (Å²) in [6.45, 7) is 1.37. The third-order valence-corrected chi connectivity index (χ3v) is 2.87. The Morgan fingerprint density at radius 1 is 1.30 bits per heavy atom. The molecule has 2 aromatic rings. The fourth-order valence-corrected chi connectivity index (χ4v) is 1.66. The number of carboxylic acid groups (broad SMARTS) is 1. The Hall–Kier alpha value is -2.90. The number of rotatable bonds is 4. The first-order valence-electron chi connectivity index (χ1n) is 5.64. The lowest BCUT2D eigenvalue weighted by atomic mass is 9.92. The van der Waals surface area contributed by atoms with Gasteiger partial charge in [0.05, 0.1) is 0 Å². The number of anilines is 1. The summed E-state index contributed by atoms with van der Waals surface area (Å²) in [6.07, 6.45) is 0. The zero-order chi connectivity index (χ0) is 14.8. The van der Waals surface area contributed by atoms with Gasteiger partial charge in [0, 0.05) is 0 Å². The van der Waals surface area contributed by atoms with Gasteiger partial charge >= 0.3 is 5.97 Å². The highest BCUT2D eigenvalue weighted by molar-refractivity contribution is 5.99. The molecule has 1 heterocycles. The largest absolute Gasteiger partial charge is 0.479 e. The molecule has 2 rings (SSSR count). The van der Waals surface area contributed by atoms with Crippen LogP contribution in [0.5, 0.6) is 0 Å². The van der Waals surface area contributed by atoms with Crippen LogP contribution in [0.3, 0.4) is 0 Å². The van der Waals surface area contributed by atoms with Crippen molar-refractivity contribution in [3.05, 3.63) is 41.6 Å². The van der Waals surface area contributed by atoms with E-state index in [1.165, 1.54) is 6.92 Å². The van der Waals surface area contributed by atoms with Crippen molar-refractivity contribution in [2.24, 2.45) is 0 Å². The van der Waals surface area contributed by atoms with Crippen LogP contribution in [0.15, 0.2) is 35.0 Å². The van der Waals surface area contributed by atoms with Crippen molar-refractivity contribution in [3.8, 4) is 0 Å². The van der Waals surface area contributed by atoms with Crippen LogP contribution in [0, 0.1) is 0 Å². The first kappa shape index (κ1) is 13.5. The quantitative estimate of drug-likeness (QED) is 0.735. The van der Waals surface area contributed by atoms with E-state index < -0.39 is 17.4 Å². The molecule has 0 radical (unpaired) electrons. The predicted molar refractivity (Wildman–Crippen MR) is 67.6 cm³/mol. The summed E-state index contributed by atoms with van der Waals surface area (Å²) in [6, 6.07) is 8.29. The van der Waals surface area contributed by atoms with Crippen LogP contribution < -0.4 is 11.1 Å². The number of hydrogen-bond donors (Lipinski definition) is 3. The highest BCUT2D eigenvalue weighted by Crippen LogP contribution is 2.22. The summed E-state index contributed by atoms with van der Waals surface area (Å²) >= 11 is 0. The van der Waals surface area contributed by atoms with Gasteiger partial charge < -0.3 is 16.2 Å². The number of amides is 1. The maximum Gasteiger partial charge on any atom is 0.333 e. The lowest BCUT2D eigenvalue weighted by Gasteiger charge is -2.26. The number of aromatic nitrogens is 2. The smallest absolute Gasteiger partial charge is 0.333 e. The molecule has 1 amide bonds. The molecule has 0 saturated heterocycles. The zero-order valence-corrected chi connectivity index (χ0v) is 10.5. The van der Waals surface area contributed by atoms with Crippen molar-refractivity contribution in [1.82, 2.24) is 15.6 Å². The number of aliphatic carboxylic acids is 1. The van der Waals surface area contributed by atoms with Gasteiger partial charge in [-0.1, -0.05) is 30.3 Å². The zero-order valence-electron chi connectivity index (χ0n) is 10.5. The van der Waals surface area contributed by atoms with E-state index in [4.69, 9.17) is 5.73 Å². The molecule has 0 saturated carbocycles. The highest BCUT2D eigenvalue weighted by Gasteiger charge is 2.38. The second-order valence-electron chi connectivity index (χ2n) is 4.25. The highest BCUT2D eigenvalue weighted by atomic mass is 16.6. The average Bonchev–Trinajstić information content (AvgIpc) is 2.85. The lowest BCUT2D eigenvalue weighted by Crippen LogP contribution is -2.49. The van der Waals surface area contributed by atoms with E-state index in [0.717, 1.165) is 0 Å². The second-order valence-corrected chi connectivity index (χ2v) is 4.25. The van der Waals surface area contributed by atoms with Crippen LogP contribution in [-0.4, -0.2) is 27.3 Å². The van der Waals surface area contributed by atoms with E-state index in [0.29, 0.717) is 5.56 Å². The second kappa shape index (κ2) is 5.00. The minimum absolute atomic E-state index is 0.205. The molecule has 1 unspecified atom stereocenters. The molecule has 1 aromatic heterocycles. The number of nitrogen functional groups attached to an aromatic ring is 1. The molecule has 104 valence electrons. The van der Waals surface area contributed by atoms with Crippen molar-refractivity contribution in [1.29, 1.82) is 0 Å². The first-order valence-corrected chi connectivity index (χ1v) is 5.64. The fourth-order valence-electron chi connectivity index (χ4n) is 1.66. The van der Waals surface area contributed by atoms with Gasteiger partial charge in [-0.15, -0.1) is 0 Å². The maximum absolute atomic E-state index is 12.0. The van der Waals surface area contributed by atoms with E-state index >= 15 is 0 Å². The number of nitrogens with two attached hydrogens (primary N) is 1. The summed E-state index contributed by atoms with van der Waals surface area (Å²) in [5.41, 5.74) is 3.93. The Kier molecular flexibility index (Phi) is 3.38. The van der Waals surface area contributed by atoms with E-state index in [1.54, 1.807) is 30.3 Å². The van der Waals surface area contributed by atoms with Gasteiger partial charge in [-0.25, -0.2) is 9.42 Å². The molecule has 0 aliphatic carbocycles. The van der Waals surface area contributed by atoms with Crippen molar-refractivity contribution < 1.29 is 19.3 Å². The van der Waals surface area contributed by atoms with Crippen molar-refractivity contribution in [2.45, 2.75) is 12.5 Å². The van der Waals surface area contributed by atoms with Crippen LogP contribution >= 0.6 is 0 Å². The van der Waals surface area contributed by atoms with Gasteiger partial charge in [-0.05, 0) is 22.8 Å². The van der Waals surface area contributed by atoms with Crippen LogP contribution in [0.1, 0.15) is 23.0 Å². The third-order valence-electron chi connectivity index (χ3n) is 2.87. The molecular weight excluding hydrogens is 264 g/mol. The number of benzene rings is 1. The third kappa shape index (κ3) is 2.30. The number of carbonyl (C=O) groups is 2. The monoisotopic (exact) mass is 276 g/mol. The summed E-state index contributed by atoms with van der Waals surface area (Å²) < 4.78 is 4.31. The Morgan fingerprint density at radius 2 is 1.95 bits per heavy atom. The Morgan fingerprint density at radius 3 is 2.45 bits per heavy atom. The van der Waals surface area contributed by atoms with Crippen LogP contribution in [0.4, 0.5) is 5.82 Å². The molecule has 1 aromatic carbocycles. The molecule has 20 heavy (non-hydrogen) atoms. The van der Waals surface area contributed by atoms with Crippen molar-refractivity contribution in [2.75, 3.05) is 5.73 Å². The molecule has 0 aliphatic rings. The molecule has 1 atom stereocenters. The number of carboxylic acids is 1. The van der Waals surface area contributed by atoms with Crippen LogP contribution in [0.25, 0.3) is 0 Å². The van der Waals surface area contributed by atoms with Gasteiger partial charge in [-0.2, -0.15) is 0 Å². The van der Waals surface area contributed by atoms with Crippen molar-refractivity contribution in [3.63, 3.8) is 0 Å². The van der Waals surface area contributed by atoms with E-state index in [1.807, 2.05) is 0 Å². The maximum atomic E-state index is 12.0. The standard InChI is InChI=1S/C12H12N4O4/c1-12(11(18)19,7-5-3-2-4-6-7)14-10(17)8-9(13)16-20-15-8/h2-6H,1H3,(H2,13,16)(H,14,17)(H,18,19). The minimum atomic E-state index is -1.62. The van der Waals surface area contributed by atoms with Crippen LogP contribution in [-0.2, 0) is 10.3 Å². The Bertz CT molecular complexity index is 640. The van der Waals surface area contributed by atoms with Gasteiger partial charge in [0.2, 0.25) is 11.5 Å². The number of nitrogens with one attached hydrogen (secondary N) is 1. The SMILES string of the molecule is CC(NC(=O)c1nonc1N)(C(=O)O)c1ccccc1. The number of hydrogen-bond acceptors (Lipinski definition) is 6. The molecular formula is C12H12N4O4. The molecule has 8 nitrogen and oxygen atoms in total. The van der Waals surface area contributed by atoms with Gasteiger partial charge in [0.15, 0.2) is 5.54 Å². The summed E-state index contributed by atoms with van der Waals surface area (Å²) in [4.78, 5) is 23.5. The molecule has 0 fully saturated rings. The van der Waals surface area contributed by atoms with Gasteiger partial charge in [0.25, 0.3) is 5.91 Å². The first-order chi connectivity index (χ1) is 9.45. The lowest BCUT2D eigenvalue weighted by molar-refractivity contribution is -0.144. The minimum Gasteiger partial charge on any atom is -0.479 e. The average molecular weight is 276 g/mol. The number of nitrogens with zero attached hydrogens (tertiary/aromatic N) is 2. The number of carbonyl (C=O) groups excluding carboxylic acids is 1. The Labute approximate surface area is 113 Å². The Balaban J connectivity index is 2.34. The normalized spacial score (nSPS) is 13.4. The van der Waals surface area contributed by atoms with Crippen molar-refractivity contribution >= 4 is 17.7 Å². The van der Waals surface area contributed by atoms with E-state index in [9.17, 15) is 14.7 Å². The summed E-state index contributed by atoms with van der Waals surface area (Å²) in [5, 5.41) is 18.4. The summed E-state index contributed by atoms with van der Waals surface area (Å²) in [7, 11) is 0. The van der Waals surface area contributed by atoms with Gasteiger partial charge in [0.1, 0.15) is 0 Å². The molecule has 4 N–H and O–H groups in total.